The smallest absolute Gasteiger partial charge is 0.291 e. The SMILES string of the molecule is CCNC(=NCc1cccc(NC(=O)c2ccco2)c1)NCc1ccccc1OC.I. The van der Waals surface area contributed by atoms with Gasteiger partial charge in [0.1, 0.15) is 5.75 Å². The molecule has 31 heavy (non-hydrogen) atoms. The van der Waals surface area contributed by atoms with E-state index < -0.39 is 0 Å². The molecule has 0 radical (unpaired) electrons. The van der Waals surface area contributed by atoms with E-state index in [1.807, 2.05) is 55.5 Å². The van der Waals surface area contributed by atoms with E-state index in [1.165, 1.54) is 6.26 Å². The Labute approximate surface area is 199 Å². The highest BCUT2D eigenvalue weighted by molar-refractivity contribution is 14.0. The van der Waals surface area contributed by atoms with Crippen molar-refractivity contribution >= 4 is 41.5 Å². The number of hydrogen-bond acceptors (Lipinski definition) is 4. The molecule has 0 bridgehead atoms. The number of halogens is 1. The highest BCUT2D eigenvalue weighted by Crippen LogP contribution is 2.17. The van der Waals surface area contributed by atoms with Gasteiger partial charge >= 0.3 is 0 Å². The van der Waals surface area contributed by atoms with Gasteiger partial charge in [-0.05, 0) is 42.8 Å². The maximum absolute atomic E-state index is 12.1. The molecule has 0 atom stereocenters. The molecule has 0 saturated carbocycles. The second-order valence-corrected chi connectivity index (χ2v) is 6.49. The van der Waals surface area contributed by atoms with E-state index in [4.69, 9.17) is 9.15 Å². The number of methoxy groups -OCH3 is 1. The van der Waals surface area contributed by atoms with E-state index >= 15 is 0 Å². The molecule has 0 fully saturated rings. The fourth-order valence-corrected chi connectivity index (χ4v) is 2.89. The van der Waals surface area contributed by atoms with Crippen molar-refractivity contribution in [1.82, 2.24) is 10.6 Å². The first kappa shape index (κ1) is 24.3. The molecule has 1 aromatic heterocycles. The summed E-state index contributed by atoms with van der Waals surface area (Å²) in [6, 6.07) is 18.8. The van der Waals surface area contributed by atoms with Crippen LogP contribution in [0.1, 0.15) is 28.6 Å². The van der Waals surface area contributed by atoms with Crippen LogP contribution in [0.25, 0.3) is 0 Å². The van der Waals surface area contributed by atoms with Gasteiger partial charge in [0.25, 0.3) is 5.91 Å². The van der Waals surface area contributed by atoms with Crippen LogP contribution in [0.3, 0.4) is 0 Å². The van der Waals surface area contributed by atoms with Crippen molar-refractivity contribution in [2.45, 2.75) is 20.0 Å². The molecule has 0 unspecified atom stereocenters. The van der Waals surface area contributed by atoms with Crippen molar-refractivity contribution in [3.8, 4) is 5.75 Å². The highest BCUT2D eigenvalue weighted by Gasteiger charge is 2.09. The minimum atomic E-state index is -0.285. The summed E-state index contributed by atoms with van der Waals surface area (Å²) in [4.78, 5) is 16.8. The summed E-state index contributed by atoms with van der Waals surface area (Å²) in [5.41, 5.74) is 2.71. The zero-order chi connectivity index (χ0) is 21.2. The number of para-hydroxylation sites is 1. The summed E-state index contributed by atoms with van der Waals surface area (Å²) < 4.78 is 10.5. The summed E-state index contributed by atoms with van der Waals surface area (Å²) in [6.07, 6.45) is 1.47. The number of nitrogens with one attached hydrogen (secondary N) is 3. The van der Waals surface area contributed by atoms with Crippen LogP contribution in [0.15, 0.2) is 76.3 Å². The Hall–Kier alpha value is -3.01. The van der Waals surface area contributed by atoms with Gasteiger partial charge in [-0.25, -0.2) is 4.99 Å². The molecule has 8 heteroatoms. The molecule has 3 N–H and O–H groups in total. The van der Waals surface area contributed by atoms with E-state index in [0.29, 0.717) is 24.7 Å². The van der Waals surface area contributed by atoms with E-state index in [1.54, 1.807) is 19.2 Å². The normalized spacial score (nSPS) is 10.7. The Kier molecular flexibility index (Phi) is 9.89. The van der Waals surface area contributed by atoms with Crippen molar-refractivity contribution in [1.29, 1.82) is 0 Å². The number of amides is 1. The maximum atomic E-state index is 12.1. The van der Waals surface area contributed by atoms with Crippen molar-refractivity contribution in [3.63, 3.8) is 0 Å². The third-order valence-electron chi connectivity index (χ3n) is 4.33. The van der Waals surface area contributed by atoms with Gasteiger partial charge in [-0.2, -0.15) is 0 Å². The average Bonchev–Trinajstić information content (AvgIpc) is 3.31. The summed E-state index contributed by atoms with van der Waals surface area (Å²) in [5.74, 6) is 1.52. The molecule has 0 aliphatic carbocycles. The number of rotatable bonds is 8. The van der Waals surface area contributed by atoms with Crippen LogP contribution in [0.2, 0.25) is 0 Å². The van der Waals surface area contributed by atoms with Crippen LogP contribution < -0.4 is 20.7 Å². The molecule has 0 saturated heterocycles. The topological polar surface area (TPSA) is 87.9 Å². The van der Waals surface area contributed by atoms with E-state index in [9.17, 15) is 4.79 Å². The van der Waals surface area contributed by atoms with Gasteiger partial charge in [-0.3, -0.25) is 4.79 Å². The third kappa shape index (κ3) is 7.32. The minimum absolute atomic E-state index is 0. The molecular formula is C23H27IN4O3. The van der Waals surface area contributed by atoms with Crippen molar-refractivity contribution in [3.05, 3.63) is 83.8 Å². The number of carbonyl (C=O) groups is 1. The second kappa shape index (κ2) is 12.6. The number of furan rings is 1. The van der Waals surface area contributed by atoms with Crippen LogP contribution in [0.5, 0.6) is 5.75 Å². The summed E-state index contributed by atoms with van der Waals surface area (Å²) in [6.45, 7) is 3.82. The average molecular weight is 534 g/mol. The first-order chi connectivity index (χ1) is 14.7. The van der Waals surface area contributed by atoms with Crippen molar-refractivity contribution in [2.24, 2.45) is 4.99 Å². The van der Waals surface area contributed by atoms with E-state index in [2.05, 4.69) is 20.9 Å². The molecule has 3 rings (SSSR count). The fraction of sp³-hybridized carbons (Fsp3) is 0.217. The Balaban J connectivity index is 0.00000341. The van der Waals surface area contributed by atoms with Gasteiger partial charge in [0, 0.05) is 24.3 Å². The number of hydrogen-bond donors (Lipinski definition) is 3. The van der Waals surface area contributed by atoms with Crippen LogP contribution in [0.4, 0.5) is 5.69 Å². The number of ether oxygens (including phenoxy) is 1. The van der Waals surface area contributed by atoms with Crippen LogP contribution in [0, 0.1) is 0 Å². The Morgan fingerprint density at radius 1 is 1.06 bits per heavy atom. The lowest BCUT2D eigenvalue weighted by Gasteiger charge is -2.13. The molecule has 0 aliphatic heterocycles. The van der Waals surface area contributed by atoms with Crippen molar-refractivity contribution in [2.75, 3.05) is 19.0 Å². The highest BCUT2D eigenvalue weighted by atomic mass is 127. The Morgan fingerprint density at radius 2 is 1.90 bits per heavy atom. The monoisotopic (exact) mass is 534 g/mol. The molecule has 0 aliphatic rings. The van der Waals surface area contributed by atoms with Gasteiger partial charge in [0.05, 0.1) is 19.9 Å². The molecule has 0 spiro atoms. The zero-order valence-corrected chi connectivity index (χ0v) is 19.9. The standard InChI is InChI=1S/C23H26N4O3.HI/c1-3-24-23(26-16-18-9-4-5-11-20(18)29-2)25-15-17-8-6-10-19(14-17)27-22(28)21-12-7-13-30-21;/h4-14H,3,15-16H2,1-2H3,(H,27,28)(H2,24,25,26);1H. The lowest BCUT2D eigenvalue weighted by atomic mass is 10.2. The summed E-state index contributed by atoms with van der Waals surface area (Å²) in [7, 11) is 1.66. The second-order valence-electron chi connectivity index (χ2n) is 6.49. The molecule has 164 valence electrons. The maximum Gasteiger partial charge on any atom is 0.291 e. The number of nitrogens with zero attached hydrogens (tertiary/aromatic N) is 1. The molecule has 2 aromatic carbocycles. The molecule has 3 aromatic rings. The Morgan fingerprint density at radius 3 is 2.65 bits per heavy atom. The Bertz CT molecular complexity index is 990. The largest absolute Gasteiger partial charge is 0.496 e. The quantitative estimate of drug-likeness (QED) is 0.227. The van der Waals surface area contributed by atoms with E-state index in [-0.39, 0.29) is 35.6 Å². The van der Waals surface area contributed by atoms with Gasteiger partial charge in [-0.1, -0.05) is 30.3 Å². The molecule has 1 heterocycles. The number of aliphatic imine (C=N–C) groups is 1. The minimum Gasteiger partial charge on any atom is -0.496 e. The number of carbonyl (C=O) groups excluding carboxylic acids is 1. The van der Waals surface area contributed by atoms with Gasteiger partial charge in [-0.15, -0.1) is 24.0 Å². The number of guanidine groups is 1. The lowest BCUT2D eigenvalue weighted by molar-refractivity contribution is 0.0996. The summed E-state index contributed by atoms with van der Waals surface area (Å²) in [5, 5.41) is 9.40. The van der Waals surface area contributed by atoms with Crippen LogP contribution >= 0.6 is 24.0 Å². The van der Waals surface area contributed by atoms with Crippen LogP contribution in [-0.4, -0.2) is 25.5 Å². The van der Waals surface area contributed by atoms with Gasteiger partial charge in [0.15, 0.2) is 11.7 Å². The van der Waals surface area contributed by atoms with Crippen LogP contribution in [-0.2, 0) is 13.1 Å². The predicted molar refractivity (Wildman–Crippen MR) is 133 cm³/mol. The lowest BCUT2D eigenvalue weighted by Crippen LogP contribution is -2.36. The van der Waals surface area contributed by atoms with Gasteiger partial charge < -0.3 is 25.1 Å². The van der Waals surface area contributed by atoms with E-state index in [0.717, 1.165) is 23.4 Å². The summed E-state index contributed by atoms with van der Waals surface area (Å²) >= 11 is 0. The molecule has 1 amide bonds. The first-order valence-electron chi connectivity index (χ1n) is 9.77. The third-order valence-corrected chi connectivity index (χ3v) is 4.33. The fourth-order valence-electron chi connectivity index (χ4n) is 2.89. The number of benzene rings is 2. The first-order valence-corrected chi connectivity index (χ1v) is 9.77. The number of anilines is 1. The molecular weight excluding hydrogens is 507 g/mol. The van der Waals surface area contributed by atoms with Crippen molar-refractivity contribution < 1.29 is 13.9 Å². The zero-order valence-electron chi connectivity index (χ0n) is 17.6. The van der Waals surface area contributed by atoms with Gasteiger partial charge in [0.2, 0.25) is 0 Å². The predicted octanol–water partition coefficient (Wildman–Crippen LogP) is 4.41. The molecule has 7 nitrogen and oxygen atoms in total.